The summed E-state index contributed by atoms with van der Waals surface area (Å²) in [6.07, 6.45) is -3.20. The van der Waals surface area contributed by atoms with Crippen LogP contribution in [-0.2, 0) is 12.6 Å². The second-order valence-electron chi connectivity index (χ2n) is 5.46. The van der Waals surface area contributed by atoms with E-state index in [1.807, 2.05) is 31.2 Å². The van der Waals surface area contributed by atoms with Gasteiger partial charge in [0.25, 0.3) is 5.91 Å². The number of carbonyl (C=O) groups excluding carboxylic acids is 1. The number of hydrogen-bond donors (Lipinski definition) is 1. The van der Waals surface area contributed by atoms with Gasteiger partial charge in [0.15, 0.2) is 5.69 Å². The lowest BCUT2D eigenvalue weighted by Gasteiger charge is -2.10. The normalized spacial score (nSPS) is 11.4. The largest absolute Gasteiger partial charge is 0.434 e. The van der Waals surface area contributed by atoms with Crippen molar-refractivity contribution in [3.05, 3.63) is 70.0 Å². The fourth-order valence-electron chi connectivity index (χ4n) is 2.33. The number of rotatable bonds is 4. The summed E-state index contributed by atoms with van der Waals surface area (Å²) >= 11 is 1.12. The number of halogens is 3. The molecular formula is C17H13F3N4OS. The molecule has 1 amide bonds. The number of nitrogens with one attached hydrogen (secondary N) is 1. The molecule has 0 fully saturated rings. The van der Waals surface area contributed by atoms with Gasteiger partial charge in [0.2, 0.25) is 5.13 Å². The molecule has 0 atom stereocenters. The average molecular weight is 378 g/mol. The van der Waals surface area contributed by atoms with Crippen molar-refractivity contribution in [1.29, 1.82) is 0 Å². The highest BCUT2D eigenvalue weighted by atomic mass is 32.1. The van der Waals surface area contributed by atoms with Gasteiger partial charge in [0, 0.05) is 12.6 Å². The molecule has 0 spiro atoms. The van der Waals surface area contributed by atoms with E-state index < -0.39 is 23.3 Å². The number of pyridine rings is 1. The summed E-state index contributed by atoms with van der Waals surface area (Å²) in [5, 5.41) is 11.0. The lowest BCUT2D eigenvalue weighted by molar-refractivity contribution is -0.141. The molecule has 9 heteroatoms. The van der Waals surface area contributed by atoms with E-state index in [0.29, 0.717) is 11.4 Å². The molecule has 3 aromatic rings. The summed E-state index contributed by atoms with van der Waals surface area (Å²) < 4.78 is 38.9. The first-order chi connectivity index (χ1) is 12.3. The number of amides is 1. The van der Waals surface area contributed by atoms with Gasteiger partial charge in [-0.15, -0.1) is 10.2 Å². The number of carbonyl (C=O) groups is 1. The monoisotopic (exact) mass is 378 g/mol. The molecule has 0 bridgehead atoms. The van der Waals surface area contributed by atoms with E-state index in [2.05, 4.69) is 20.5 Å². The smallest absolute Gasteiger partial charge is 0.296 e. The predicted molar refractivity (Wildman–Crippen MR) is 91.1 cm³/mol. The lowest BCUT2D eigenvalue weighted by Crippen LogP contribution is -2.20. The van der Waals surface area contributed by atoms with E-state index in [-0.39, 0.29) is 5.13 Å². The van der Waals surface area contributed by atoms with Crippen LogP contribution in [0.5, 0.6) is 0 Å². The Kier molecular flexibility index (Phi) is 4.99. The second kappa shape index (κ2) is 7.20. The van der Waals surface area contributed by atoms with Gasteiger partial charge in [-0.3, -0.25) is 15.1 Å². The number of aryl methyl sites for hydroxylation is 1. The first kappa shape index (κ1) is 18.0. The van der Waals surface area contributed by atoms with Gasteiger partial charge in [0.1, 0.15) is 5.01 Å². The summed E-state index contributed by atoms with van der Waals surface area (Å²) in [5.41, 5.74) is 0.365. The molecule has 0 unspecified atom stereocenters. The molecular weight excluding hydrogens is 365 g/mol. The zero-order chi connectivity index (χ0) is 18.7. The third-order valence-electron chi connectivity index (χ3n) is 3.61. The number of alkyl halides is 3. The molecule has 2 aromatic heterocycles. The Morgan fingerprint density at radius 1 is 1.15 bits per heavy atom. The molecule has 2 heterocycles. The van der Waals surface area contributed by atoms with Crippen LogP contribution in [0.2, 0.25) is 0 Å². The first-order valence-corrected chi connectivity index (χ1v) is 8.36. The van der Waals surface area contributed by atoms with Gasteiger partial charge in [-0.2, -0.15) is 13.2 Å². The van der Waals surface area contributed by atoms with Crippen LogP contribution in [0.25, 0.3) is 0 Å². The standard InChI is InChI=1S/C17H13F3N4OS/c1-10-5-2-3-6-11(10)9-13-23-24-16(26-13)22-15(25)12-7-4-8-21-14(12)17(18,19)20/h2-8H,9H2,1H3,(H,22,24,25). The SMILES string of the molecule is Cc1ccccc1Cc1nnc(NC(=O)c2cccnc2C(F)(F)F)s1. The Hall–Kier alpha value is -2.81. The van der Waals surface area contributed by atoms with E-state index in [1.54, 1.807) is 0 Å². The van der Waals surface area contributed by atoms with Crippen molar-refractivity contribution >= 4 is 22.4 Å². The number of benzene rings is 1. The fourth-order valence-corrected chi connectivity index (χ4v) is 3.08. The minimum absolute atomic E-state index is 0.135. The Morgan fingerprint density at radius 3 is 2.65 bits per heavy atom. The number of nitrogens with zero attached hydrogens (tertiary/aromatic N) is 3. The fraction of sp³-hybridized carbons (Fsp3) is 0.176. The van der Waals surface area contributed by atoms with Gasteiger partial charge < -0.3 is 0 Å². The predicted octanol–water partition coefficient (Wildman–Crippen LogP) is 4.10. The van der Waals surface area contributed by atoms with Crippen LogP contribution >= 0.6 is 11.3 Å². The summed E-state index contributed by atoms with van der Waals surface area (Å²) in [6, 6.07) is 10.1. The summed E-state index contributed by atoms with van der Waals surface area (Å²) in [7, 11) is 0. The molecule has 3 rings (SSSR count). The quantitative estimate of drug-likeness (QED) is 0.742. The zero-order valence-corrected chi connectivity index (χ0v) is 14.4. The van der Waals surface area contributed by atoms with Gasteiger partial charge >= 0.3 is 6.18 Å². The van der Waals surface area contributed by atoms with Crippen LogP contribution in [0.1, 0.15) is 32.2 Å². The number of aromatic nitrogens is 3. The van der Waals surface area contributed by atoms with Crippen molar-refractivity contribution in [3.8, 4) is 0 Å². The van der Waals surface area contributed by atoms with E-state index in [4.69, 9.17) is 0 Å². The van der Waals surface area contributed by atoms with E-state index >= 15 is 0 Å². The second-order valence-corrected chi connectivity index (χ2v) is 6.52. The Bertz CT molecular complexity index is 940. The first-order valence-electron chi connectivity index (χ1n) is 7.55. The van der Waals surface area contributed by atoms with E-state index in [9.17, 15) is 18.0 Å². The minimum Gasteiger partial charge on any atom is -0.296 e. The molecule has 0 saturated heterocycles. The van der Waals surface area contributed by atoms with Crippen molar-refractivity contribution < 1.29 is 18.0 Å². The van der Waals surface area contributed by atoms with Crippen LogP contribution in [0.3, 0.4) is 0 Å². The van der Waals surface area contributed by atoms with Crippen LogP contribution in [0.15, 0.2) is 42.6 Å². The molecule has 0 saturated carbocycles. The number of anilines is 1. The minimum atomic E-state index is -4.72. The molecule has 0 aliphatic heterocycles. The van der Waals surface area contributed by atoms with Gasteiger partial charge in [0.05, 0.1) is 5.56 Å². The van der Waals surface area contributed by atoms with Crippen LogP contribution < -0.4 is 5.32 Å². The van der Waals surface area contributed by atoms with Crippen molar-refractivity contribution in [2.75, 3.05) is 5.32 Å². The highest BCUT2D eigenvalue weighted by Gasteiger charge is 2.37. The average Bonchev–Trinajstić information content (AvgIpc) is 3.03. The zero-order valence-electron chi connectivity index (χ0n) is 13.5. The van der Waals surface area contributed by atoms with Gasteiger partial charge in [-0.25, -0.2) is 0 Å². The van der Waals surface area contributed by atoms with Crippen LogP contribution in [0.4, 0.5) is 18.3 Å². The van der Waals surface area contributed by atoms with Crippen molar-refractivity contribution in [2.45, 2.75) is 19.5 Å². The van der Waals surface area contributed by atoms with E-state index in [0.717, 1.165) is 34.7 Å². The maximum absolute atomic E-state index is 13.0. The van der Waals surface area contributed by atoms with Crippen molar-refractivity contribution in [1.82, 2.24) is 15.2 Å². The lowest BCUT2D eigenvalue weighted by atomic mass is 10.1. The molecule has 134 valence electrons. The molecule has 26 heavy (non-hydrogen) atoms. The maximum atomic E-state index is 13.0. The van der Waals surface area contributed by atoms with Gasteiger partial charge in [-0.05, 0) is 30.2 Å². The molecule has 0 aliphatic carbocycles. The third kappa shape index (κ3) is 4.05. The molecule has 1 aromatic carbocycles. The van der Waals surface area contributed by atoms with E-state index in [1.165, 1.54) is 6.07 Å². The Labute approximate surface area is 150 Å². The highest BCUT2D eigenvalue weighted by Crippen LogP contribution is 2.30. The molecule has 5 nitrogen and oxygen atoms in total. The molecule has 0 aliphatic rings. The topological polar surface area (TPSA) is 67.8 Å². The van der Waals surface area contributed by atoms with Crippen LogP contribution in [-0.4, -0.2) is 21.1 Å². The van der Waals surface area contributed by atoms with Crippen molar-refractivity contribution in [2.24, 2.45) is 0 Å². The summed E-state index contributed by atoms with van der Waals surface area (Å²) in [6.45, 7) is 1.97. The number of hydrogen-bond acceptors (Lipinski definition) is 5. The maximum Gasteiger partial charge on any atom is 0.434 e. The Balaban J connectivity index is 1.76. The molecule has 0 radical (unpaired) electrons. The molecule has 1 N–H and O–H groups in total. The van der Waals surface area contributed by atoms with Crippen LogP contribution in [0, 0.1) is 6.92 Å². The third-order valence-corrected chi connectivity index (χ3v) is 4.45. The van der Waals surface area contributed by atoms with Gasteiger partial charge in [-0.1, -0.05) is 35.6 Å². The summed E-state index contributed by atoms with van der Waals surface area (Å²) in [5.74, 6) is -0.927. The Morgan fingerprint density at radius 2 is 1.92 bits per heavy atom. The van der Waals surface area contributed by atoms with Crippen molar-refractivity contribution in [3.63, 3.8) is 0 Å². The summed E-state index contributed by atoms with van der Waals surface area (Å²) in [4.78, 5) is 15.5. The highest BCUT2D eigenvalue weighted by molar-refractivity contribution is 7.15.